The summed E-state index contributed by atoms with van der Waals surface area (Å²) in [5.41, 5.74) is 2.36. The van der Waals surface area contributed by atoms with Gasteiger partial charge < -0.3 is 9.73 Å². The molecule has 1 amide bonds. The molecule has 10 heteroatoms. The number of aromatic nitrogens is 7. The highest BCUT2D eigenvalue weighted by Crippen LogP contribution is 2.23. The molecule has 0 aliphatic heterocycles. The number of rotatable bonds is 4. The smallest absolute Gasteiger partial charge is 0.277 e. The molecule has 0 saturated heterocycles. The largest absolute Gasteiger partial charge is 0.444 e. The molecule has 4 aromatic rings. The fourth-order valence-electron chi connectivity index (χ4n) is 2.07. The molecular weight excluding hydrogens is 312 g/mol. The van der Waals surface area contributed by atoms with Crippen molar-refractivity contribution < 1.29 is 9.21 Å². The van der Waals surface area contributed by atoms with E-state index in [1.54, 1.807) is 31.0 Å². The Bertz CT molecular complexity index is 958. The monoisotopic (exact) mass is 322 g/mol. The number of anilines is 1. The minimum Gasteiger partial charge on any atom is -0.444 e. The highest BCUT2D eigenvalue weighted by atomic mass is 16.3. The maximum Gasteiger partial charge on any atom is 0.277 e. The minimum absolute atomic E-state index is 0.137. The van der Waals surface area contributed by atoms with E-state index in [4.69, 9.17) is 4.42 Å². The van der Waals surface area contributed by atoms with Crippen molar-refractivity contribution in [3.05, 3.63) is 49.1 Å². The first-order valence-corrected chi connectivity index (χ1v) is 6.87. The van der Waals surface area contributed by atoms with Crippen molar-refractivity contribution in [3.63, 3.8) is 0 Å². The van der Waals surface area contributed by atoms with Gasteiger partial charge in [-0.2, -0.15) is 10.2 Å². The van der Waals surface area contributed by atoms with E-state index >= 15 is 0 Å². The number of H-pyrrole nitrogens is 2. The van der Waals surface area contributed by atoms with Gasteiger partial charge in [0.15, 0.2) is 5.69 Å². The molecule has 0 aromatic carbocycles. The van der Waals surface area contributed by atoms with E-state index < -0.39 is 5.91 Å². The van der Waals surface area contributed by atoms with Crippen LogP contribution < -0.4 is 5.32 Å². The molecule has 4 rings (SSSR count). The molecule has 0 bridgehead atoms. The van der Waals surface area contributed by atoms with Crippen molar-refractivity contribution in [2.24, 2.45) is 0 Å². The fourth-order valence-corrected chi connectivity index (χ4v) is 2.07. The summed E-state index contributed by atoms with van der Waals surface area (Å²) >= 11 is 0. The summed E-state index contributed by atoms with van der Waals surface area (Å²) in [4.78, 5) is 24.6. The van der Waals surface area contributed by atoms with Gasteiger partial charge in [0, 0.05) is 18.6 Å². The van der Waals surface area contributed by atoms with E-state index in [9.17, 15) is 4.79 Å². The summed E-state index contributed by atoms with van der Waals surface area (Å²) in [5, 5.41) is 15.9. The number of amides is 1. The maximum atomic E-state index is 12.3. The number of hydrogen-bond acceptors (Lipinski definition) is 7. The standard InChI is InChI=1S/C14H10N8O2/c23-13(11-7-24-14(21-11)8-3-17-18-4-8)20-10-6-19-22-12(10)9-5-15-1-2-16-9/h1-7H,(H,17,18)(H,19,22)(H,20,23). The molecule has 0 unspecified atom stereocenters. The Hall–Kier alpha value is -3.82. The normalized spacial score (nSPS) is 10.7. The van der Waals surface area contributed by atoms with Crippen LogP contribution in [-0.4, -0.2) is 41.3 Å². The number of nitrogens with zero attached hydrogens (tertiary/aromatic N) is 5. The van der Waals surface area contributed by atoms with E-state index in [0.29, 0.717) is 28.5 Å². The third-order valence-electron chi connectivity index (χ3n) is 3.19. The summed E-state index contributed by atoms with van der Waals surface area (Å²) < 4.78 is 5.29. The van der Waals surface area contributed by atoms with E-state index in [2.05, 4.69) is 40.7 Å². The fraction of sp³-hybridized carbons (Fsp3) is 0. The molecule has 4 heterocycles. The van der Waals surface area contributed by atoms with Gasteiger partial charge in [0.05, 0.1) is 29.8 Å². The molecule has 10 nitrogen and oxygen atoms in total. The van der Waals surface area contributed by atoms with Crippen molar-refractivity contribution in [3.8, 4) is 22.8 Å². The Morgan fingerprint density at radius 3 is 2.92 bits per heavy atom. The van der Waals surface area contributed by atoms with E-state index in [0.717, 1.165) is 0 Å². The molecule has 0 saturated carbocycles. The summed E-state index contributed by atoms with van der Waals surface area (Å²) in [6.45, 7) is 0. The molecule has 0 atom stereocenters. The number of oxazole rings is 1. The molecule has 24 heavy (non-hydrogen) atoms. The first-order valence-electron chi connectivity index (χ1n) is 6.87. The Labute approximate surface area is 134 Å². The predicted octanol–water partition coefficient (Wildman–Crippen LogP) is 1.50. The number of nitrogens with one attached hydrogen (secondary N) is 3. The lowest BCUT2D eigenvalue weighted by Crippen LogP contribution is -2.12. The highest BCUT2D eigenvalue weighted by Gasteiger charge is 2.17. The number of carbonyl (C=O) groups is 1. The van der Waals surface area contributed by atoms with Gasteiger partial charge in [-0.1, -0.05) is 0 Å². The average molecular weight is 322 g/mol. The summed E-state index contributed by atoms with van der Waals surface area (Å²) in [7, 11) is 0. The van der Waals surface area contributed by atoms with E-state index in [1.807, 2.05) is 0 Å². The number of aromatic amines is 2. The average Bonchev–Trinajstić information content (AvgIpc) is 3.36. The van der Waals surface area contributed by atoms with Crippen LogP contribution in [0, 0.1) is 0 Å². The van der Waals surface area contributed by atoms with Crippen molar-refractivity contribution in [2.75, 3.05) is 5.32 Å². The second-order valence-electron chi connectivity index (χ2n) is 4.73. The number of hydrogen-bond donors (Lipinski definition) is 3. The lowest BCUT2D eigenvalue weighted by Gasteiger charge is -2.03. The van der Waals surface area contributed by atoms with Crippen LogP contribution in [0.15, 0.2) is 47.9 Å². The van der Waals surface area contributed by atoms with Crippen LogP contribution in [0.5, 0.6) is 0 Å². The van der Waals surface area contributed by atoms with Crippen LogP contribution >= 0.6 is 0 Å². The van der Waals surface area contributed by atoms with Gasteiger partial charge in [-0.05, 0) is 0 Å². The van der Waals surface area contributed by atoms with E-state index in [1.165, 1.54) is 12.5 Å². The molecule has 0 aliphatic rings. The second-order valence-corrected chi connectivity index (χ2v) is 4.73. The number of carbonyl (C=O) groups excluding carboxylic acids is 1. The van der Waals surface area contributed by atoms with Crippen LogP contribution in [0.3, 0.4) is 0 Å². The first kappa shape index (κ1) is 13.8. The van der Waals surface area contributed by atoms with Crippen molar-refractivity contribution >= 4 is 11.6 Å². The van der Waals surface area contributed by atoms with Gasteiger partial charge in [-0.3, -0.25) is 25.0 Å². The Morgan fingerprint density at radius 2 is 2.12 bits per heavy atom. The van der Waals surface area contributed by atoms with E-state index in [-0.39, 0.29) is 5.69 Å². The highest BCUT2D eigenvalue weighted by molar-refractivity contribution is 6.04. The van der Waals surface area contributed by atoms with Crippen molar-refractivity contribution in [1.82, 2.24) is 35.3 Å². The summed E-state index contributed by atoms with van der Waals surface area (Å²) in [6.07, 6.45) is 10.6. The van der Waals surface area contributed by atoms with Crippen LogP contribution in [0.4, 0.5) is 5.69 Å². The summed E-state index contributed by atoms with van der Waals surface area (Å²) in [6, 6.07) is 0. The summed E-state index contributed by atoms with van der Waals surface area (Å²) in [5.74, 6) is -0.129. The molecule has 0 radical (unpaired) electrons. The Kier molecular flexibility index (Phi) is 3.31. The van der Waals surface area contributed by atoms with Crippen LogP contribution in [-0.2, 0) is 0 Å². The third kappa shape index (κ3) is 2.52. The van der Waals surface area contributed by atoms with Crippen LogP contribution in [0.2, 0.25) is 0 Å². The quantitative estimate of drug-likeness (QED) is 0.517. The zero-order valence-electron chi connectivity index (χ0n) is 12.1. The maximum absolute atomic E-state index is 12.3. The Morgan fingerprint density at radius 1 is 1.17 bits per heavy atom. The molecule has 0 aliphatic carbocycles. The molecular formula is C14H10N8O2. The zero-order chi connectivity index (χ0) is 16.4. The predicted molar refractivity (Wildman–Crippen MR) is 81.7 cm³/mol. The van der Waals surface area contributed by atoms with Gasteiger partial charge in [0.2, 0.25) is 5.89 Å². The van der Waals surface area contributed by atoms with Crippen molar-refractivity contribution in [2.45, 2.75) is 0 Å². The molecule has 4 aromatic heterocycles. The van der Waals surface area contributed by atoms with Gasteiger partial charge in [0.1, 0.15) is 17.7 Å². The molecule has 118 valence electrons. The van der Waals surface area contributed by atoms with Crippen LogP contribution in [0.25, 0.3) is 22.8 Å². The molecule has 3 N–H and O–H groups in total. The molecule has 0 fully saturated rings. The van der Waals surface area contributed by atoms with Gasteiger partial charge in [-0.15, -0.1) is 0 Å². The van der Waals surface area contributed by atoms with Crippen molar-refractivity contribution in [1.29, 1.82) is 0 Å². The third-order valence-corrected chi connectivity index (χ3v) is 3.19. The lowest BCUT2D eigenvalue weighted by atomic mass is 10.3. The van der Waals surface area contributed by atoms with Gasteiger partial charge in [-0.25, -0.2) is 4.98 Å². The first-order chi connectivity index (χ1) is 11.8. The minimum atomic E-state index is -0.431. The van der Waals surface area contributed by atoms with Gasteiger partial charge >= 0.3 is 0 Å². The van der Waals surface area contributed by atoms with Crippen LogP contribution in [0.1, 0.15) is 10.5 Å². The SMILES string of the molecule is O=C(Nc1cn[nH]c1-c1cnccn1)c1coc(-c2cn[nH]c2)n1. The van der Waals surface area contributed by atoms with Gasteiger partial charge in [0.25, 0.3) is 5.91 Å². The second kappa shape index (κ2) is 5.76. The lowest BCUT2D eigenvalue weighted by molar-refractivity contribution is 0.102. The molecule has 0 spiro atoms. The zero-order valence-corrected chi connectivity index (χ0v) is 12.1. The Balaban J connectivity index is 1.56. The topological polar surface area (TPSA) is 138 Å².